The molecule has 0 saturated carbocycles. The van der Waals surface area contributed by atoms with Crippen LogP contribution in [0.5, 0.6) is 0 Å². The normalized spacial score (nSPS) is 18.6. The quantitative estimate of drug-likeness (QED) is 0.836. The third-order valence-electron chi connectivity index (χ3n) is 4.02. The number of hydrogen-bond acceptors (Lipinski definition) is 4. The maximum Gasteiger partial charge on any atom is 0.257 e. The van der Waals surface area contributed by atoms with Crippen LogP contribution in [0.3, 0.4) is 0 Å². The molecule has 2 heterocycles. The predicted molar refractivity (Wildman–Crippen MR) is 84.5 cm³/mol. The van der Waals surface area contributed by atoms with Crippen LogP contribution >= 0.6 is 0 Å². The van der Waals surface area contributed by atoms with Crippen LogP contribution in [0.4, 0.5) is 5.95 Å². The molecule has 0 spiro atoms. The minimum absolute atomic E-state index is 0.0595. The largest absolute Gasteiger partial charge is 0.344 e. The van der Waals surface area contributed by atoms with Gasteiger partial charge in [-0.25, -0.2) is 9.97 Å². The fraction of sp³-hybridized carbons (Fsp3) is 0.688. The van der Waals surface area contributed by atoms with Gasteiger partial charge in [0.2, 0.25) is 5.95 Å². The van der Waals surface area contributed by atoms with Crippen LogP contribution < -0.4 is 4.90 Å². The van der Waals surface area contributed by atoms with E-state index in [2.05, 4.69) is 23.8 Å². The molecule has 21 heavy (non-hydrogen) atoms. The highest BCUT2D eigenvalue weighted by Crippen LogP contribution is 2.17. The lowest BCUT2D eigenvalue weighted by Gasteiger charge is -2.30. The van der Waals surface area contributed by atoms with Gasteiger partial charge in [-0.3, -0.25) is 4.79 Å². The van der Waals surface area contributed by atoms with Gasteiger partial charge in [0.15, 0.2) is 0 Å². The number of anilines is 1. The molecule has 116 valence electrons. The standard InChI is InChI=1S/C16H26N4O/c1-4-5-8-19(3)16-17-10-14(11-18-16)15(21)20-9-6-7-13(2)12-20/h10-11,13H,4-9,12H2,1-3H3. The number of unbranched alkanes of at least 4 members (excludes halogenated alkanes) is 1. The predicted octanol–water partition coefficient (Wildman–Crippen LogP) is 2.59. The van der Waals surface area contributed by atoms with Crippen LogP contribution in [0.25, 0.3) is 0 Å². The van der Waals surface area contributed by atoms with Crippen molar-refractivity contribution in [2.24, 2.45) is 5.92 Å². The Labute approximate surface area is 127 Å². The molecule has 1 fully saturated rings. The van der Waals surface area contributed by atoms with Crippen LogP contribution in [-0.2, 0) is 0 Å². The van der Waals surface area contributed by atoms with Crippen LogP contribution in [0.2, 0.25) is 0 Å². The highest BCUT2D eigenvalue weighted by atomic mass is 16.2. The molecule has 0 radical (unpaired) electrons. The summed E-state index contributed by atoms with van der Waals surface area (Å²) in [6.45, 7) is 6.99. The van der Waals surface area contributed by atoms with Crippen molar-refractivity contribution in [2.45, 2.75) is 39.5 Å². The molecule has 1 aromatic rings. The van der Waals surface area contributed by atoms with Gasteiger partial charge in [-0.2, -0.15) is 0 Å². The average Bonchev–Trinajstić information content (AvgIpc) is 2.52. The van der Waals surface area contributed by atoms with E-state index in [1.165, 1.54) is 6.42 Å². The van der Waals surface area contributed by atoms with Gasteiger partial charge in [-0.15, -0.1) is 0 Å². The van der Waals surface area contributed by atoms with Gasteiger partial charge in [0.1, 0.15) is 0 Å². The number of nitrogens with zero attached hydrogens (tertiary/aromatic N) is 4. The summed E-state index contributed by atoms with van der Waals surface area (Å²) in [5, 5.41) is 0. The second-order valence-electron chi connectivity index (χ2n) is 6.05. The number of likely N-dealkylation sites (tertiary alicyclic amines) is 1. The molecule has 1 atom stereocenters. The summed E-state index contributed by atoms with van der Waals surface area (Å²) in [6, 6.07) is 0. The Hall–Kier alpha value is -1.65. The summed E-state index contributed by atoms with van der Waals surface area (Å²) in [7, 11) is 1.98. The highest BCUT2D eigenvalue weighted by molar-refractivity contribution is 5.93. The first kappa shape index (κ1) is 15.7. The topological polar surface area (TPSA) is 49.3 Å². The fourth-order valence-electron chi connectivity index (χ4n) is 2.68. The molecule has 1 saturated heterocycles. The van der Waals surface area contributed by atoms with Gasteiger partial charge in [-0.05, 0) is 25.2 Å². The summed E-state index contributed by atoms with van der Waals surface area (Å²) < 4.78 is 0. The number of rotatable bonds is 5. The van der Waals surface area contributed by atoms with Gasteiger partial charge in [-0.1, -0.05) is 20.3 Å². The van der Waals surface area contributed by atoms with E-state index >= 15 is 0 Å². The molecule has 1 unspecified atom stereocenters. The molecule has 1 aliphatic heterocycles. The summed E-state index contributed by atoms with van der Waals surface area (Å²) in [6.07, 6.45) is 7.88. The molecule has 0 aromatic carbocycles. The Balaban J connectivity index is 1.99. The minimum Gasteiger partial charge on any atom is -0.344 e. The summed E-state index contributed by atoms with van der Waals surface area (Å²) >= 11 is 0. The van der Waals surface area contributed by atoms with Gasteiger partial charge < -0.3 is 9.80 Å². The lowest BCUT2D eigenvalue weighted by atomic mass is 10.00. The number of aromatic nitrogens is 2. The summed E-state index contributed by atoms with van der Waals surface area (Å²) in [4.78, 5) is 25.1. The third-order valence-corrected chi connectivity index (χ3v) is 4.02. The van der Waals surface area contributed by atoms with Crippen molar-refractivity contribution in [1.29, 1.82) is 0 Å². The van der Waals surface area contributed by atoms with Gasteiger partial charge >= 0.3 is 0 Å². The molecule has 0 aliphatic carbocycles. The first-order valence-corrected chi connectivity index (χ1v) is 7.94. The number of carbonyl (C=O) groups is 1. The fourth-order valence-corrected chi connectivity index (χ4v) is 2.68. The highest BCUT2D eigenvalue weighted by Gasteiger charge is 2.22. The van der Waals surface area contributed by atoms with E-state index < -0.39 is 0 Å². The van der Waals surface area contributed by atoms with E-state index in [1.807, 2.05) is 16.8 Å². The first-order valence-electron chi connectivity index (χ1n) is 7.94. The molecule has 2 rings (SSSR count). The van der Waals surface area contributed by atoms with Crippen molar-refractivity contribution in [3.63, 3.8) is 0 Å². The maximum absolute atomic E-state index is 12.4. The van der Waals surface area contributed by atoms with Crippen molar-refractivity contribution >= 4 is 11.9 Å². The smallest absolute Gasteiger partial charge is 0.257 e. The van der Waals surface area contributed by atoms with E-state index in [9.17, 15) is 4.79 Å². The number of amides is 1. The summed E-state index contributed by atoms with van der Waals surface area (Å²) in [5.41, 5.74) is 0.594. The first-order chi connectivity index (χ1) is 10.1. The Morgan fingerprint density at radius 2 is 2.14 bits per heavy atom. The van der Waals surface area contributed by atoms with Crippen molar-refractivity contribution < 1.29 is 4.79 Å². The Morgan fingerprint density at radius 1 is 1.43 bits per heavy atom. The van der Waals surface area contributed by atoms with E-state index in [0.717, 1.165) is 38.9 Å². The monoisotopic (exact) mass is 290 g/mol. The van der Waals surface area contributed by atoms with Gasteiger partial charge in [0.05, 0.1) is 5.56 Å². The van der Waals surface area contributed by atoms with Gasteiger partial charge in [0.25, 0.3) is 5.91 Å². The molecule has 5 nitrogen and oxygen atoms in total. The third kappa shape index (κ3) is 4.16. The summed E-state index contributed by atoms with van der Waals surface area (Å²) in [5.74, 6) is 1.33. The maximum atomic E-state index is 12.4. The number of hydrogen-bond donors (Lipinski definition) is 0. The average molecular weight is 290 g/mol. The lowest BCUT2D eigenvalue weighted by Crippen LogP contribution is -2.39. The SMILES string of the molecule is CCCCN(C)c1ncc(C(=O)N2CCCC(C)C2)cn1. The number of piperidine rings is 1. The van der Waals surface area contributed by atoms with Crippen molar-refractivity contribution in [1.82, 2.24) is 14.9 Å². The zero-order valence-corrected chi connectivity index (χ0v) is 13.4. The van der Waals surface area contributed by atoms with Crippen molar-refractivity contribution in [3.05, 3.63) is 18.0 Å². The zero-order valence-electron chi connectivity index (χ0n) is 13.4. The minimum atomic E-state index is 0.0595. The number of carbonyl (C=O) groups excluding carboxylic acids is 1. The molecular weight excluding hydrogens is 264 g/mol. The second-order valence-corrected chi connectivity index (χ2v) is 6.05. The molecular formula is C16H26N4O. The Kier molecular flexibility index (Phi) is 5.53. The van der Waals surface area contributed by atoms with Crippen LogP contribution in [0.15, 0.2) is 12.4 Å². The van der Waals surface area contributed by atoms with Gasteiger partial charge in [0, 0.05) is 39.1 Å². The van der Waals surface area contributed by atoms with Crippen molar-refractivity contribution in [2.75, 3.05) is 31.6 Å². The zero-order chi connectivity index (χ0) is 15.2. The van der Waals surface area contributed by atoms with Crippen LogP contribution in [0, 0.1) is 5.92 Å². The Morgan fingerprint density at radius 3 is 2.76 bits per heavy atom. The molecule has 5 heteroatoms. The van der Waals surface area contributed by atoms with Crippen LogP contribution in [0.1, 0.15) is 49.9 Å². The molecule has 0 bridgehead atoms. The molecule has 1 aromatic heterocycles. The lowest BCUT2D eigenvalue weighted by molar-refractivity contribution is 0.0682. The molecule has 1 amide bonds. The van der Waals surface area contributed by atoms with E-state index in [0.29, 0.717) is 17.4 Å². The van der Waals surface area contributed by atoms with E-state index in [1.54, 1.807) is 12.4 Å². The van der Waals surface area contributed by atoms with E-state index in [-0.39, 0.29) is 5.91 Å². The molecule has 1 aliphatic rings. The van der Waals surface area contributed by atoms with Crippen LogP contribution in [-0.4, -0.2) is 47.5 Å². The Bertz CT molecular complexity index is 460. The second kappa shape index (κ2) is 7.38. The molecule has 0 N–H and O–H groups in total. The van der Waals surface area contributed by atoms with E-state index in [4.69, 9.17) is 0 Å². The van der Waals surface area contributed by atoms with Crippen molar-refractivity contribution in [3.8, 4) is 0 Å².